The molecule has 0 saturated carbocycles. The average Bonchev–Trinajstić information content (AvgIpc) is 3.15. The summed E-state index contributed by atoms with van der Waals surface area (Å²) >= 11 is 4.54. The summed E-state index contributed by atoms with van der Waals surface area (Å²) in [6.07, 6.45) is 1.53. The minimum atomic E-state index is -0.000881. The normalized spacial score (nSPS) is 10.7. The van der Waals surface area contributed by atoms with E-state index in [1.165, 1.54) is 18.0 Å². The predicted octanol–water partition coefficient (Wildman–Crippen LogP) is 4.07. The number of benzene rings is 1. The average molecular weight is 365 g/mol. The van der Waals surface area contributed by atoms with Gasteiger partial charge in [-0.1, -0.05) is 39.8 Å². The standard InChI is InChI=1S/C14H9BrN2O3S/c15-10-4-1-3-9(7-10)11(18)8-21-14-17-16-13(20-14)12-5-2-6-19-12/h1-7H,8H2. The van der Waals surface area contributed by atoms with Crippen LogP contribution < -0.4 is 0 Å². The molecule has 3 aromatic rings. The minimum Gasteiger partial charge on any atom is -0.459 e. The number of thioether (sulfide) groups is 1. The van der Waals surface area contributed by atoms with Gasteiger partial charge in [0.15, 0.2) is 11.5 Å². The predicted molar refractivity (Wildman–Crippen MR) is 81.2 cm³/mol. The number of halogens is 1. The Kier molecular flexibility index (Phi) is 4.21. The monoisotopic (exact) mass is 364 g/mol. The molecule has 0 amide bonds. The van der Waals surface area contributed by atoms with E-state index in [2.05, 4.69) is 26.1 Å². The summed E-state index contributed by atoms with van der Waals surface area (Å²) in [5, 5.41) is 8.09. The van der Waals surface area contributed by atoms with Crippen LogP contribution in [-0.2, 0) is 0 Å². The van der Waals surface area contributed by atoms with Crippen LogP contribution in [-0.4, -0.2) is 21.7 Å². The second-order valence-electron chi connectivity index (χ2n) is 4.07. The molecule has 106 valence electrons. The Morgan fingerprint density at radius 1 is 1.24 bits per heavy atom. The number of carbonyl (C=O) groups is 1. The van der Waals surface area contributed by atoms with Crippen molar-refractivity contribution in [2.24, 2.45) is 0 Å². The number of furan rings is 1. The molecule has 21 heavy (non-hydrogen) atoms. The lowest BCUT2D eigenvalue weighted by molar-refractivity contribution is 0.102. The fourth-order valence-electron chi connectivity index (χ4n) is 1.64. The van der Waals surface area contributed by atoms with Crippen LogP contribution in [0.1, 0.15) is 10.4 Å². The van der Waals surface area contributed by atoms with Gasteiger partial charge in [0.1, 0.15) is 0 Å². The summed E-state index contributed by atoms with van der Waals surface area (Å²) in [6, 6.07) is 10.7. The third-order valence-corrected chi connectivity index (χ3v) is 3.92. The molecule has 0 N–H and O–H groups in total. The molecule has 1 aromatic carbocycles. The van der Waals surface area contributed by atoms with E-state index < -0.39 is 0 Å². The highest BCUT2D eigenvalue weighted by Gasteiger charge is 2.13. The number of ketones is 1. The van der Waals surface area contributed by atoms with Gasteiger partial charge in [-0.2, -0.15) is 0 Å². The van der Waals surface area contributed by atoms with Crippen LogP contribution in [0, 0.1) is 0 Å². The van der Waals surface area contributed by atoms with Crippen molar-refractivity contribution in [3.05, 3.63) is 52.7 Å². The van der Waals surface area contributed by atoms with Gasteiger partial charge in [0.25, 0.3) is 11.1 Å². The fourth-order valence-corrected chi connectivity index (χ4v) is 2.70. The Morgan fingerprint density at radius 2 is 2.14 bits per heavy atom. The van der Waals surface area contributed by atoms with Gasteiger partial charge < -0.3 is 8.83 Å². The van der Waals surface area contributed by atoms with E-state index in [0.717, 1.165) is 4.47 Å². The van der Waals surface area contributed by atoms with E-state index >= 15 is 0 Å². The van der Waals surface area contributed by atoms with Crippen LogP contribution in [0.15, 0.2) is 61.2 Å². The van der Waals surface area contributed by atoms with E-state index in [9.17, 15) is 4.79 Å². The summed E-state index contributed by atoms with van der Waals surface area (Å²) in [5.41, 5.74) is 0.641. The first-order chi connectivity index (χ1) is 10.2. The number of hydrogen-bond acceptors (Lipinski definition) is 6. The number of aromatic nitrogens is 2. The Labute approximate surface area is 132 Å². The van der Waals surface area contributed by atoms with Gasteiger partial charge in [0.05, 0.1) is 12.0 Å². The van der Waals surface area contributed by atoms with Gasteiger partial charge in [-0.15, -0.1) is 10.2 Å². The van der Waals surface area contributed by atoms with Crippen molar-refractivity contribution in [1.82, 2.24) is 10.2 Å². The number of rotatable bonds is 5. The molecule has 0 fully saturated rings. The first-order valence-electron chi connectivity index (χ1n) is 6.01. The van der Waals surface area contributed by atoms with Crippen molar-refractivity contribution >= 4 is 33.5 Å². The fraction of sp³-hybridized carbons (Fsp3) is 0.0714. The second kappa shape index (κ2) is 6.28. The van der Waals surface area contributed by atoms with Gasteiger partial charge >= 0.3 is 0 Å². The summed E-state index contributed by atoms with van der Waals surface area (Å²) in [4.78, 5) is 12.1. The molecule has 3 rings (SSSR count). The molecule has 2 heterocycles. The summed E-state index contributed by atoms with van der Waals surface area (Å²) in [7, 11) is 0. The zero-order valence-corrected chi connectivity index (χ0v) is 13.1. The lowest BCUT2D eigenvalue weighted by atomic mass is 10.2. The highest BCUT2D eigenvalue weighted by atomic mass is 79.9. The lowest BCUT2D eigenvalue weighted by Crippen LogP contribution is -2.02. The molecule has 0 saturated heterocycles. The molecule has 0 aliphatic heterocycles. The van der Waals surface area contributed by atoms with Crippen molar-refractivity contribution in [3.63, 3.8) is 0 Å². The molecule has 7 heteroatoms. The Morgan fingerprint density at radius 3 is 2.90 bits per heavy atom. The number of Topliss-reactive ketones (excluding diaryl/α,β-unsaturated/α-hetero) is 1. The van der Waals surface area contributed by atoms with Crippen LogP contribution in [0.25, 0.3) is 11.7 Å². The highest BCUT2D eigenvalue weighted by molar-refractivity contribution is 9.10. The summed E-state index contributed by atoms with van der Waals surface area (Å²) in [5.74, 6) is 1.04. The molecule has 0 bridgehead atoms. The molecule has 0 atom stereocenters. The number of nitrogens with zero attached hydrogens (tertiary/aromatic N) is 2. The number of carbonyl (C=O) groups excluding carboxylic acids is 1. The third-order valence-electron chi connectivity index (χ3n) is 2.61. The molecular weight excluding hydrogens is 356 g/mol. The zero-order valence-electron chi connectivity index (χ0n) is 10.7. The SMILES string of the molecule is O=C(CSc1nnc(-c2ccco2)o1)c1cccc(Br)c1. The molecule has 0 radical (unpaired) electrons. The van der Waals surface area contributed by atoms with Gasteiger partial charge in [-0.3, -0.25) is 4.79 Å². The topological polar surface area (TPSA) is 69.1 Å². The van der Waals surface area contributed by atoms with Crippen molar-refractivity contribution in [2.45, 2.75) is 5.22 Å². The van der Waals surface area contributed by atoms with Crippen molar-refractivity contribution < 1.29 is 13.6 Å². The zero-order chi connectivity index (χ0) is 14.7. The first-order valence-corrected chi connectivity index (χ1v) is 7.79. The minimum absolute atomic E-state index is 0.000881. The Balaban J connectivity index is 1.64. The maximum Gasteiger partial charge on any atom is 0.284 e. The van der Waals surface area contributed by atoms with Gasteiger partial charge in [0.2, 0.25) is 0 Å². The van der Waals surface area contributed by atoms with Crippen molar-refractivity contribution in [3.8, 4) is 11.7 Å². The second-order valence-corrected chi connectivity index (χ2v) is 5.91. The summed E-state index contributed by atoms with van der Waals surface area (Å²) < 4.78 is 11.5. The third kappa shape index (κ3) is 3.43. The smallest absolute Gasteiger partial charge is 0.284 e. The molecule has 0 spiro atoms. The van der Waals surface area contributed by atoms with Crippen molar-refractivity contribution in [2.75, 3.05) is 5.75 Å². The molecule has 0 aliphatic rings. The van der Waals surface area contributed by atoms with Crippen LogP contribution >= 0.6 is 27.7 Å². The van der Waals surface area contributed by atoms with E-state index in [1.54, 1.807) is 24.3 Å². The van der Waals surface area contributed by atoms with E-state index in [-0.39, 0.29) is 11.5 Å². The quantitative estimate of drug-likeness (QED) is 0.502. The van der Waals surface area contributed by atoms with Gasteiger partial charge in [-0.25, -0.2) is 0 Å². The van der Waals surface area contributed by atoms with Gasteiger partial charge in [-0.05, 0) is 24.3 Å². The maximum atomic E-state index is 12.1. The molecule has 5 nitrogen and oxygen atoms in total. The van der Waals surface area contributed by atoms with E-state index in [4.69, 9.17) is 8.83 Å². The van der Waals surface area contributed by atoms with Crippen LogP contribution in [0.2, 0.25) is 0 Å². The Bertz CT molecular complexity index is 755. The molecular formula is C14H9BrN2O3S. The van der Waals surface area contributed by atoms with Crippen LogP contribution in [0.4, 0.5) is 0 Å². The maximum absolute atomic E-state index is 12.1. The number of hydrogen-bond donors (Lipinski definition) is 0. The molecule has 0 unspecified atom stereocenters. The Hall–Kier alpha value is -1.86. The van der Waals surface area contributed by atoms with E-state index in [0.29, 0.717) is 22.4 Å². The molecule has 2 aromatic heterocycles. The van der Waals surface area contributed by atoms with E-state index in [1.807, 2.05) is 12.1 Å². The van der Waals surface area contributed by atoms with Crippen LogP contribution in [0.5, 0.6) is 0 Å². The summed E-state index contributed by atoms with van der Waals surface area (Å²) in [6.45, 7) is 0. The molecule has 0 aliphatic carbocycles. The van der Waals surface area contributed by atoms with Gasteiger partial charge in [0, 0.05) is 10.0 Å². The first kappa shape index (κ1) is 14.1. The van der Waals surface area contributed by atoms with Crippen molar-refractivity contribution in [1.29, 1.82) is 0 Å². The largest absolute Gasteiger partial charge is 0.459 e. The highest BCUT2D eigenvalue weighted by Crippen LogP contribution is 2.24. The lowest BCUT2D eigenvalue weighted by Gasteiger charge is -1.99. The van der Waals surface area contributed by atoms with Crippen LogP contribution in [0.3, 0.4) is 0 Å².